The fourth-order valence-corrected chi connectivity index (χ4v) is 5.52. The lowest BCUT2D eigenvalue weighted by molar-refractivity contribution is 0.0911. The second kappa shape index (κ2) is 11.9. The van der Waals surface area contributed by atoms with E-state index >= 15 is 0 Å². The van der Waals surface area contributed by atoms with Gasteiger partial charge in [-0.15, -0.1) is 0 Å². The zero-order chi connectivity index (χ0) is 32.6. The van der Waals surface area contributed by atoms with Gasteiger partial charge in [0, 0.05) is 33.0 Å². The Morgan fingerprint density at radius 2 is 0.848 bits per heavy atom. The third-order valence-electron chi connectivity index (χ3n) is 7.56. The second-order valence-electron chi connectivity index (χ2n) is 13.7. The van der Waals surface area contributed by atoms with Crippen LogP contribution in [0.4, 0.5) is 0 Å². The molecule has 0 fully saturated rings. The summed E-state index contributed by atoms with van der Waals surface area (Å²) >= 11 is 0. The number of benzene rings is 4. The fourth-order valence-electron chi connectivity index (χ4n) is 5.52. The van der Waals surface area contributed by atoms with E-state index in [4.69, 9.17) is 9.97 Å². The van der Waals surface area contributed by atoms with Crippen LogP contribution in [0, 0.1) is 0 Å². The highest BCUT2D eigenvalue weighted by Crippen LogP contribution is 2.33. The highest BCUT2D eigenvalue weighted by molar-refractivity contribution is 6.10. The van der Waals surface area contributed by atoms with Gasteiger partial charge >= 0.3 is 0 Å². The zero-order valence-electron chi connectivity index (χ0n) is 27.1. The summed E-state index contributed by atoms with van der Waals surface area (Å²) in [6.07, 6.45) is 0. The molecule has 0 saturated heterocycles. The summed E-state index contributed by atoms with van der Waals surface area (Å²) in [4.78, 5) is 37.2. The van der Waals surface area contributed by atoms with Gasteiger partial charge in [-0.05, 0) is 89.1 Å². The second-order valence-corrected chi connectivity index (χ2v) is 13.7. The average Bonchev–Trinajstić information content (AvgIpc) is 3.02. The first kappa shape index (κ1) is 30.7. The van der Waals surface area contributed by atoms with Crippen LogP contribution in [0.2, 0.25) is 0 Å². The summed E-state index contributed by atoms with van der Waals surface area (Å²) in [5.74, 6) is -0.321. The molecule has 6 nitrogen and oxygen atoms in total. The first-order valence-electron chi connectivity index (χ1n) is 15.5. The van der Waals surface area contributed by atoms with E-state index in [0.717, 1.165) is 55.4 Å². The molecule has 4 aromatic carbocycles. The number of amides is 2. The van der Waals surface area contributed by atoms with Crippen LogP contribution >= 0.6 is 0 Å². The molecular formula is C40H38N4O2. The first-order valence-corrected chi connectivity index (χ1v) is 15.5. The van der Waals surface area contributed by atoms with E-state index in [1.807, 2.05) is 151 Å². The summed E-state index contributed by atoms with van der Waals surface area (Å²) in [7, 11) is 0. The van der Waals surface area contributed by atoms with Gasteiger partial charge in [0.1, 0.15) is 0 Å². The van der Waals surface area contributed by atoms with Gasteiger partial charge in [-0.25, -0.2) is 9.97 Å². The highest BCUT2D eigenvalue weighted by Gasteiger charge is 2.22. The van der Waals surface area contributed by atoms with Gasteiger partial charge in [-0.1, -0.05) is 72.8 Å². The fraction of sp³-hybridized carbons (Fsp3) is 0.200. The van der Waals surface area contributed by atoms with Crippen molar-refractivity contribution in [3.63, 3.8) is 0 Å². The molecule has 46 heavy (non-hydrogen) atoms. The van der Waals surface area contributed by atoms with Crippen molar-refractivity contribution in [1.82, 2.24) is 20.6 Å². The van der Waals surface area contributed by atoms with E-state index < -0.39 is 11.1 Å². The van der Waals surface area contributed by atoms with Gasteiger partial charge < -0.3 is 10.6 Å². The van der Waals surface area contributed by atoms with E-state index in [9.17, 15) is 9.59 Å². The van der Waals surface area contributed by atoms with Crippen molar-refractivity contribution in [3.8, 4) is 33.6 Å². The number of hydrogen-bond donors (Lipinski definition) is 2. The SMILES string of the molecule is CC(C)(C)NC(=O)c1cc(-c2ccccc2)nc2ccc(-c3ccc4nc(-c5ccccc5)cc(C(=O)NC(C)(C)C)c4c3)cc12. The lowest BCUT2D eigenvalue weighted by Crippen LogP contribution is -2.40. The standard InChI is InChI=1S/C40H38N4O2/c1-39(2,3)43-37(45)31-23-35(25-13-9-7-10-14-25)41-33-19-17-27(21-29(31)33)28-18-20-34-30(22-28)32(38(46)44-40(4,5)6)24-36(42-34)26-15-11-8-12-16-26/h7-24H,1-6H3,(H,43,45)(H,44,46). The highest BCUT2D eigenvalue weighted by atomic mass is 16.2. The third kappa shape index (κ3) is 6.66. The molecule has 0 radical (unpaired) electrons. The normalized spacial score (nSPS) is 11.9. The molecule has 6 heteroatoms. The van der Waals surface area contributed by atoms with E-state index in [2.05, 4.69) is 10.6 Å². The number of hydrogen-bond acceptors (Lipinski definition) is 4. The topological polar surface area (TPSA) is 84.0 Å². The van der Waals surface area contributed by atoms with Gasteiger partial charge in [0.15, 0.2) is 0 Å². The number of nitrogens with one attached hydrogen (secondary N) is 2. The lowest BCUT2D eigenvalue weighted by atomic mass is 9.95. The minimum atomic E-state index is -0.412. The maximum atomic E-state index is 13.7. The van der Waals surface area contributed by atoms with Crippen molar-refractivity contribution in [1.29, 1.82) is 0 Å². The Kier molecular flexibility index (Phi) is 7.90. The van der Waals surface area contributed by atoms with Crippen LogP contribution < -0.4 is 10.6 Å². The van der Waals surface area contributed by atoms with E-state index in [1.165, 1.54) is 0 Å². The number of rotatable bonds is 5. The predicted molar refractivity (Wildman–Crippen MR) is 188 cm³/mol. The van der Waals surface area contributed by atoms with Crippen LogP contribution in [-0.2, 0) is 0 Å². The average molecular weight is 607 g/mol. The maximum Gasteiger partial charge on any atom is 0.252 e. The molecule has 0 aliphatic carbocycles. The number of nitrogens with zero attached hydrogens (tertiary/aromatic N) is 2. The Morgan fingerprint density at radius 1 is 0.478 bits per heavy atom. The largest absolute Gasteiger partial charge is 0.347 e. The molecule has 0 aliphatic heterocycles. The number of pyridine rings is 2. The van der Waals surface area contributed by atoms with Crippen molar-refractivity contribution < 1.29 is 9.59 Å². The molecular weight excluding hydrogens is 568 g/mol. The van der Waals surface area contributed by atoms with Gasteiger partial charge in [-0.2, -0.15) is 0 Å². The van der Waals surface area contributed by atoms with Crippen LogP contribution in [-0.4, -0.2) is 32.9 Å². The van der Waals surface area contributed by atoms with Crippen molar-refractivity contribution in [3.05, 3.63) is 120 Å². The number of carbonyl (C=O) groups excluding carboxylic acids is 2. The molecule has 2 heterocycles. The van der Waals surface area contributed by atoms with Gasteiger partial charge in [0.05, 0.1) is 33.5 Å². The van der Waals surface area contributed by atoms with Crippen molar-refractivity contribution in [2.45, 2.75) is 52.6 Å². The predicted octanol–water partition coefficient (Wildman–Crippen LogP) is 8.84. The molecule has 0 atom stereocenters. The molecule has 0 bridgehead atoms. The number of fused-ring (bicyclic) bond motifs is 2. The zero-order valence-corrected chi connectivity index (χ0v) is 27.1. The number of aromatic nitrogens is 2. The molecule has 230 valence electrons. The summed E-state index contributed by atoms with van der Waals surface area (Å²) in [5, 5.41) is 7.76. The number of carbonyl (C=O) groups is 2. The molecule has 0 saturated carbocycles. The summed E-state index contributed by atoms with van der Waals surface area (Å²) in [6, 6.07) is 35.5. The van der Waals surface area contributed by atoms with Gasteiger partial charge in [0.2, 0.25) is 0 Å². The van der Waals surface area contributed by atoms with Crippen LogP contribution in [0.1, 0.15) is 62.3 Å². The van der Waals surface area contributed by atoms with E-state index in [-0.39, 0.29) is 11.8 Å². The van der Waals surface area contributed by atoms with Crippen molar-refractivity contribution in [2.75, 3.05) is 0 Å². The lowest BCUT2D eigenvalue weighted by Gasteiger charge is -2.22. The Balaban J connectivity index is 1.51. The Labute approximate surface area is 269 Å². The minimum absolute atomic E-state index is 0.161. The Hall–Kier alpha value is -5.36. The molecule has 2 amide bonds. The minimum Gasteiger partial charge on any atom is -0.347 e. The van der Waals surface area contributed by atoms with E-state index in [1.54, 1.807) is 0 Å². The summed E-state index contributed by atoms with van der Waals surface area (Å²) in [5.41, 5.74) is 6.91. The summed E-state index contributed by atoms with van der Waals surface area (Å²) in [6.45, 7) is 11.8. The molecule has 2 N–H and O–H groups in total. The van der Waals surface area contributed by atoms with Crippen LogP contribution in [0.25, 0.3) is 55.4 Å². The molecule has 6 rings (SSSR count). The van der Waals surface area contributed by atoms with Crippen LogP contribution in [0.3, 0.4) is 0 Å². The quantitative estimate of drug-likeness (QED) is 0.205. The Morgan fingerprint density at radius 3 is 1.20 bits per heavy atom. The summed E-state index contributed by atoms with van der Waals surface area (Å²) < 4.78 is 0. The maximum absolute atomic E-state index is 13.7. The molecule has 2 aromatic heterocycles. The van der Waals surface area contributed by atoms with Crippen molar-refractivity contribution in [2.24, 2.45) is 0 Å². The van der Waals surface area contributed by atoms with Gasteiger partial charge in [0.25, 0.3) is 11.8 Å². The molecule has 0 unspecified atom stereocenters. The first-order chi connectivity index (χ1) is 21.8. The van der Waals surface area contributed by atoms with Gasteiger partial charge in [-0.3, -0.25) is 9.59 Å². The monoisotopic (exact) mass is 606 g/mol. The third-order valence-corrected chi connectivity index (χ3v) is 7.56. The molecule has 0 spiro atoms. The van der Waals surface area contributed by atoms with Crippen molar-refractivity contribution >= 4 is 33.6 Å². The molecule has 0 aliphatic rings. The van der Waals surface area contributed by atoms with Crippen LogP contribution in [0.5, 0.6) is 0 Å². The van der Waals surface area contributed by atoms with E-state index in [0.29, 0.717) is 11.1 Å². The molecule has 6 aromatic rings. The Bertz CT molecular complexity index is 1940. The smallest absolute Gasteiger partial charge is 0.252 e. The van der Waals surface area contributed by atoms with Crippen LogP contribution in [0.15, 0.2) is 109 Å².